The zero-order valence-corrected chi connectivity index (χ0v) is 14.5. The smallest absolute Gasteiger partial charge is 0.357 e. The Morgan fingerprint density at radius 3 is 2.81 bits per heavy atom. The summed E-state index contributed by atoms with van der Waals surface area (Å²) < 4.78 is 11.0. The van der Waals surface area contributed by atoms with E-state index in [9.17, 15) is 9.59 Å². The number of aryl methyl sites for hydroxylation is 1. The first kappa shape index (κ1) is 16.5. The third-order valence-corrected chi connectivity index (χ3v) is 4.74. The molecule has 2 aromatic rings. The van der Waals surface area contributed by atoms with E-state index in [0.717, 1.165) is 42.9 Å². The van der Waals surface area contributed by atoms with Gasteiger partial charge in [-0.25, -0.2) is 14.8 Å². The van der Waals surface area contributed by atoms with Crippen molar-refractivity contribution < 1.29 is 19.1 Å². The molecule has 4 heterocycles. The maximum absolute atomic E-state index is 11.8. The molecule has 26 heavy (non-hydrogen) atoms. The Morgan fingerprint density at radius 2 is 2.12 bits per heavy atom. The van der Waals surface area contributed by atoms with E-state index in [1.54, 1.807) is 18.3 Å². The van der Waals surface area contributed by atoms with Gasteiger partial charge in [0.05, 0.1) is 6.20 Å². The van der Waals surface area contributed by atoms with Crippen molar-refractivity contribution in [1.82, 2.24) is 9.97 Å². The fourth-order valence-corrected chi connectivity index (χ4v) is 3.39. The summed E-state index contributed by atoms with van der Waals surface area (Å²) in [6.07, 6.45) is 4.07. The van der Waals surface area contributed by atoms with E-state index in [4.69, 9.17) is 9.47 Å². The van der Waals surface area contributed by atoms with Crippen molar-refractivity contribution in [3.8, 4) is 5.75 Å². The third kappa shape index (κ3) is 3.12. The number of pyridine rings is 2. The monoisotopic (exact) mass is 353 g/mol. The molecule has 7 nitrogen and oxygen atoms in total. The second-order valence-corrected chi connectivity index (χ2v) is 6.55. The fraction of sp³-hybridized carbons (Fsp3) is 0.368. The van der Waals surface area contributed by atoms with E-state index >= 15 is 0 Å². The molecule has 0 aromatic carbocycles. The van der Waals surface area contributed by atoms with E-state index in [1.165, 1.54) is 0 Å². The van der Waals surface area contributed by atoms with Crippen LogP contribution in [0.1, 0.15) is 44.9 Å². The number of anilines is 1. The van der Waals surface area contributed by atoms with Gasteiger partial charge in [-0.15, -0.1) is 0 Å². The number of carbonyl (C=O) groups excluding carboxylic acids is 2. The number of hydrogen-bond acceptors (Lipinski definition) is 7. The SMILES string of the molecule is Cc1cc2c(nc1N1CCC(Oc3ccc(C=O)nc3)CC1)C(=O)OC2. The molecule has 0 saturated carbocycles. The Kier molecular flexibility index (Phi) is 4.28. The normalized spacial score (nSPS) is 17.0. The molecule has 2 aromatic heterocycles. The summed E-state index contributed by atoms with van der Waals surface area (Å²) in [6, 6.07) is 5.40. The van der Waals surface area contributed by atoms with Crippen molar-refractivity contribution in [2.45, 2.75) is 32.5 Å². The third-order valence-electron chi connectivity index (χ3n) is 4.74. The minimum atomic E-state index is -0.342. The molecule has 0 unspecified atom stereocenters. The number of nitrogens with zero attached hydrogens (tertiary/aromatic N) is 3. The number of fused-ring (bicyclic) bond motifs is 1. The molecule has 2 aliphatic heterocycles. The van der Waals surface area contributed by atoms with Crippen molar-refractivity contribution >= 4 is 18.1 Å². The lowest BCUT2D eigenvalue weighted by atomic mass is 10.1. The lowest BCUT2D eigenvalue weighted by Gasteiger charge is -2.33. The highest BCUT2D eigenvalue weighted by molar-refractivity contribution is 5.91. The zero-order chi connectivity index (χ0) is 18.1. The molecule has 0 atom stereocenters. The molecule has 0 radical (unpaired) electrons. The Morgan fingerprint density at radius 1 is 1.31 bits per heavy atom. The van der Waals surface area contributed by atoms with Crippen molar-refractivity contribution in [1.29, 1.82) is 0 Å². The average Bonchev–Trinajstić information content (AvgIpc) is 3.02. The number of esters is 1. The highest BCUT2D eigenvalue weighted by Crippen LogP contribution is 2.28. The van der Waals surface area contributed by atoms with Crippen LogP contribution in [0.4, 0.5) is 5.82 Å². The largest absolute Gasteiger partial charge is 0.489 e. The second-order valence-electron chi connectivity index (χ2n) is 6.55. The lowest BCUT2D eigenvalue weighted by molar-refractivity contribution is 0.0530. The number of aldehydes is 1. The predicted octanol–water partition coefficient (Wildman–Crippen LogP) is 2.32. The quantitative estimate of drug-likeness (QED) is 0.616. The summed E-state index contributed by atoms with van der Waals surface area (Å²) in [5, 5.41) is 0. The second kappa shape index (κ2) is 6.74. The van der Waals surface area contributed by atoms with Gasteiger partial charge in [0.1, 0.15) is 30.0 Å². The zero-order valence-electron chi connectivity index (χ0n) is 14.5. The van der Waals surface area contributed by atoms with Crippen LogP contribution >= 0.6 is 0 Å². The fourth-order valence-electron chi connectivity index (χ4n) is 3.39. The van der Waals surface area contributed by atoms with Crippen LogP contribution in [-0.2, 0) is 11.3 Å². The molecule has 0 N–H and O–H groups in total. The summed E-state index contributed by atoms with van der Waals surface area (Å²) in [4.78, 5) is 33.2. The number of piperidine rings is 1. The Labute approximate surface area is 151 Å². The van der Waals surface area contributed by atoms with Gasteiger partial charge in [0.15, 0.2) is 12.0 Å². The first-order valence-corrected chi connectivity index (χ1v) is 8.64. The van der Waals surface area contributed by atoms with E-state index < -0.39 is 0 Å². The van der Waals surface area contributed by atoms with Crippen molar-refractivity contribution in [3.63, 3.8) is 0 Å². The van der Waals surface area contributed by atoms with Gasteiger partial charge in [0, 0.05) is 31.5 Å². The number of rotatable bonds is 4. The summed E-state index contributed by atoms with van der Waals surface area (Å²) >= 11 is 0. The van der Waals surface area contributed by atoms with Crippen LogP contribution in [-0.4, -0.2) is 41.4 Å². The van der Waals surface area contributed by atoms with Gasteiger partial charge >= 0.3 is 5.97 Å². The maximum Gasteiger partial charge on any atom is 0.357 e. The van der Waals surface area contributed by atoms with Gasteiger partial charge in [-0.1, -0.05) is 0 Å². The van der Waals surface area contributed by atoms with Crippen molar-refractivity contribution in [2.24, 2.45) is 0 Å². The topological polar surface area (TPSA) is 81.6 Å². The van der Waals surface area contributed by atoms with Gasteiger partial charge in [0.25, 0.3) is 0 Å². The van der Waals surface area contributed by atoms with Crippen LogP contribution in [0.15, 0.2) is 24.4 Å². The van der Waals surface area contributed by atoms with Crippen LogP contribution in [0.5, 0.6) is 5.75 Å². The van der Waals surface area contributed by atoms with E-state index in [-0.39, 0.29) is 12.1 Å². The van der Waals surface area contributed by atoms with Crippen LogP contribution in [0, 0.1) is 6.92 Å². The summed E-state index contributed by atoms with van der Waals surface area (Å²) in [6.45, 7) is 3.92. The molecule has 1 fully saturated rings. The number of ether oxygens (including phenoxy) is 2. The molecule has 134 valence electrons. The standard InChI is InChI=1S/C19H19N3O4/c1-12-8-13-11-25-19(24)17(13)21-18(12)22-6-4-15(5-7-22)26-16-3-2-14(10-23)20-9-16/h2-3,8-10,15H,4-7,11H2,1H3. The molecule has 4 rings (SSSR count). The summed E-state index contributed by atoms with van der Waals surface area (Å²) in [7, 11) is 0. The molecule has 0 spiro atoms. The minimum absolute atomic E-state index is 0.0924. The predicted molar refractivity (Wildman–Crippen MR) is 93.6 cm³/mol. The van der Waals surface area contributed by atoms with Crippen LogP contribution < -0.4 is 9.64 Å². The minimum Gasteiger partial charge on any atom is -0.489 e. The Balaban J connectivity index is 1.41. The average molecular weight is 353 g/mol. The van der Waals surface area contributed by atoms with Crippen LogP contribution in [0.25, 0.3) is 0 Å². The summed E-state index contributed by atoms with van der Waals surface area (Å²) in [5.41, 5.74) is 2.74. The molecular formula is C19H19N3O4. The molecule has 0 bridgehead atoms. The van der Waals surface area contributed by atoms with Crippen molar-refractivity contribution in [3.05, 3.63) is 46.9 Å². The van der Waals surface area contributed by atoms with Crippen molar-refractivity contribution in [2.75, 3.05) is 18.0 Å². The highest BCUT2D eigenvalue weighted by Gasteiger charge is 2.28. The number of hydrogen-bond donors (Lipinski definition) is 0. The molecular weight excluding hydrogens is 334 g/mol. The summed E-state index contributed by atoms with van der Waals surface area (Å²) in [5.74, 6) is 1.17. The van der Waals surface area contributed by atoms with Gasteiger partial charge < -0.3 is 14.4 Å². The highest BCUT2D eigenvalue weighted by atomic mass is 16.5. The van der Waals surface area contributed by atoms with Gasteiger partial charge in [0.2, 0.25) is 0 Å². The Hall–Kier alpha value is -2.96. The first-order valence-electron chi connectivity index (χ1n) is 8.64. The number of carbonyl (C=O) groups is 2. The molecule has 1 saturated heterocycles. The van der Waals surface area contributed by atoms with E-state index in [1.807, 2.05) is 13.0 Å². The van der Waals surface area contributed by atoms with E-state index in [2.05, 4.69) is 14.9 Å². The number of cyclic esters (lactones) is 1. The molecule has 2 aliphatic rings. The van der Waals surface area contributed by atoms with Crippen LogP contribution in [0.3, 0.4) is 0 Å². The Bertz CT molecular complexity index is 843. The van der Waals surface area contributed by atoms with E-state index in [0.29, 0.717) is 30.0 Å². The van der Waals surface area contributed by atoms with Crippen LogP contribution in [0.2, 0.25) is 0 Å². The van der Waals surface area contributed by atoms with Gasteiger partial charge in [-0.3, -0.25) is 4.79 Å². The molecule has 0 amide bonds. The van der Waals surface area contributed by atoms with Gasteiger partial charge in [-0.05, 0) is 30.7 Å². The lowest BCUT2D eigenvalue weighted by Crippen LogP contribution is -2.39. The molecule has 0 aliphatic carbocycles. The van der Waals surface area contributed by atoms with Gasteiger partial charge in [-0.2, -0.15) is 0 Å². The number of aromatic nitrogens is 2. The maximum atomic E-state index is 11.8. The molecule has 7 heteroatoms. The first-order chi connectivity index (χ1) is 12.6.